The third-order valence-electron chi connectivity index (χ3n) is 2.97. The molecule has 0 saturated heterocycles. The molecular formula is C16H18N4O4S2. The molecule has 10 heteroatoms. The number of hydrogen-bond acceptors (Lipinski definition) is 8. The molecule has 0 saturated carbocycles. The van der Waals surface area contributed by atoms with E-state index in [1.165, 1.54) is 23.1 Å². The molecule has 0 fully saturated rings. The summed E-state index contributed by atoms with van der Waals surface area (Å²) < 4.78 is 5.26. The van der Waals surface area contributed by atoms with E-state index in [2.05, 4.69) is 20.8 Å². The lowest BCUT2D eigenvalue weighted by Gasteiger charge is -2.03. The monoisotopic (exact) mass is 394 g/mol. The minimum atomic E-state index is -0.483. The van der Waals surface area contributed by atoms with Gasteiger partial charge >= 0.3 is 5.97 Å². The molecule has 0 bridgehead atoms. The second-order valence-electron chi connectivity index (χ2n) is 5.07. The van der Waals surface area contributed by atoms with Gasteiger partial charge in [-0.25, -0.2) is 0 Å². The maximum absolute atomic E-state index is 12.2. The lowest BCUT2D eigenvalue weighted by atomic mass is 10.1. The number of amides is 2. The van der Waals surface area contributed by atoms with E-state index in [-0.39, 0.29) is 30.7 Å². The Balaban J connectivity index is 1.79. The molecule has 0 aliphatic rings. The fraction of sp³-hybridized carbons (Fsp3) is 0.312. The SMILES string of the molecule is CCOC(=O)CNC(=O)CSc1nnc(NC(=O)c2cccc(C)c2)s1. The second kappa shape index (κ2) is 9.88. The Morgan fingerprint density at radius 1 is 1.27 bits per heavy atom. The molecule has 2 amide bonds. The van der Waals surface area contributed by atoms with Crippen molar-refractivity contribution in [3.8, 4) is 0 Å². The standard InChI is InChI=1S/C16H18N4O4S2/c1-3-24-13(22)8-17-12(21)9-25-16-20-19-15(26-16)18-14(23)11-6-4-5-10(2)7-11/h4-7H,3,8-9H2,1-2H3,(H,17,21)(H,18,19,23). The molecule has 1 aromatic heterocycles. The molecule has 1 aromatic carbocycles. The van der Waals surface area contributed by atoms with Gasteiger partial charge in [0.2, 0.25) is 11.0 Å². The summed E-state index contributed by atoms with van der Waals surface area (Å²) >= 11 is 2.34. The van der Waals surface area contributed by atoms with Crippen LogP contribution in [0.3, 0.4) is 0 Å². The van der Waals surface area contributed by atoms with Gasteiger partial charge in [-0.2, -0.15) is 0 Å². The summed E-state index contributed by atoms with van der Waals surface area (Å²) in [5.74, 6) is -0.986. The Morgan fingerprint density at radius 3 is 2.81 bits per heavy atom. The number of nitrogens with zero attached hydrogens (tertiary/aromatic N) is 2. The highest BCUT2D eigenvalue weighted by Crippen LogP contribution is 2.25. The Bertz CT molecular complexity index is 794. The van der Waals surface area contributed by atoms with Crippen molar-refractivity contribution < 1.29 is 19.1 Å². The summed E-state index contributed by atoms with van der Waals surface area (Å²) in [6.45, 7) is 3.70. The number of nitrogens with one attached hydrogen (secondary N) is 2. The van der Waals surface area contributed by atoms with Crippen molar-refractivity contribution in [3.63, 3.8) is 0 Å². The first-order valence-corrected chi connectivity index (χ1v) is 9.54. The van der Waals surface area contributed by atoms with Crippen LogP contribution in [0.4, 0.5) is 5.13 Å². The molecule has 2 aromatic rings. The first kappa shape index (κ1) is 19.9. The van der Waals surface area contributed by atoms with E-state index in [9.17, 15) is 14.4 Å². The lowest BCUT2D eigenvalue weighted by molar-refractivity contribution is -0.143. The van der Waals surface area contributed by atoms with Gasteiger partial charge in [0.15, 0.2) is 4.34 Å². The quantitative estimate of drug-likeness (QED) is 0.399. The van der Waals surface area contributed by atoms with Crippen molar-refractivity contribution >= 4 is 46.0 Å². The highest BCUT2D eigenvalue weighted by atomic mass is 32.2. The number of ether oxygens (including phenoxy) is 1. The van der Waals surface area contributed by atoms with Crippen LogP contribution in [-0.2, 0) is 14.3 Å². The normalized spacial score (nSPS) is 10.2. The summed E-state index contributed by atoms with van der Waals surface area (Å²) in [7, 11) is 0. The van der Waals surface area contributed by atoms with Gasteiger partial charge in [0.25, 0.3) is 5.91 Å². The average molecular weight is 394 g/mol. The van der Waals surface area contributed by atoms with Gasteiger partial charge in [-0.15, -0.1) is 10.2 Å². The smallest absolute Gasteiger partial charge is 0.325 e. The minimum Gasteiger partial charge on any atom is -0.465 e. The number of carbonyl (C=O) groups is 3. The molecular weight excluding hydrogens is 376 g/mol. The van der Waals surface area contributed by atoms with Crippen LogP contribution >= 0.6 is 23.1 Å². The maximum Gasteiger partial charge on any atom is 0.325 e. The predicted molar refractivity (Wildman–Crippen MR) is 99.4 cm³/mol. The number of aryl methyl sites for hydroxylation is 1. The summed E-state index contributed by atoms with van der Waals surface area (Å²) in [6.07, 6.45) is 0. The Kier molecular flexibility index (Phi) is 7.54. The van der Waals surface area contributed by atoms with Crippen molar-refractivity contribution in [3.05, 3.63) is 35.4 Å². The fourth-order valence-electron chi connectivity index (χ4n) is 1.84. The van der Waals surface area contributed by atoms with E-state index in [4.69, 9.17) is 4.74 Å². The molecule has 0 spiro atoms. The number of esters is 1. The fourth-order valence-corrected chi connectivity index (χ4v) is 3.41. The molecule has 0 aliphatic carbocycles. The minimum absolute atomic E-state index is 0.0832. The van der Waals surface area contributed by atoms with E-state index < -0.39 is 5.97 Å². The van der Waals surface area contributed by atoms with Crippen LogP contribution in [-0.4, -0.2) is 46.9 Å². The van der Waals surface area contributed by atoms with Gasteiger partial charge in [-0.1, -0.05) is 40.8 Å². The van der Waals surface area contributed by atoms with E-state index >= 15 is 0 Å². The third-order valence-corrected chi connectivity index (χ3v) is 4.94. The zero-order valence-corrected chi connectivity index (χ0v) is 15.9. The summed E-state index contributed by atoms with van der Waals surface area (Å²) in [4.78, 5) is 35.0. The number of rotatable bonds is 8. The van der Waals surface area contributed by atoms with E-state index in [1.807, 2.05) is 13.0 Å². The molecule has 138 valence electrons. The number of anilines is 1. The second-order valence-corrected chi connectivity index (χ2v) is 7.27. The zero-order chi connectivity index (χ0) is 18.9. The van der Waals surface area contributed by atoms with Crippen LogP contribution in [0.25, 0.3) is 0 Å². The van der Waals surface area contributed by atoms with Crippen molar-refractivity contribution in [1.29, 1.82) is 0 Å². The molecule has 26 heavy (non-hydrogen) atoms. The highest BCUT2D eigenvalue weighted by Gasteiger charge is 2.12. The topological polar surface area (TPSA) is 110 Å². The molecule has 0 unspecified atom stereocenters. The lowest BCUT2D eigenvalue weighted by Crippen LogP contribution is -2.31. The Morgan fingerprint density at radius 2 is 2.08 bits per heavy atom. The number of thioether (sulfide) groups is 1. The summed E-state index contributed by atoms with van der Waals surface area (Å²) in [6, 6.07) is 7.21. The zero-order valence-electron chi connectivity index (χ0n) is 14.3. The first-order valence-electron chi connectivity index (χ1n) is 7.74. The molecule has 0 atom stereocenters. The molecule has 2 rings (SSSR count). The van der Waals surface area contributed by atoms with Crippen molar-refractivity contribution in [2.75, 3.05) is 24.2 Å². The molecule has 1 heterocycles. The van der Waals surface area contributed by atoms with Gasteiger partial charge in [-0.05, 0) is 26.0 Å². The van der Waals surface area contributed by atoms with Gasteiger partial charge in [0, 0.05) is 5.56 Å². The van der Waals surface area contributed by atoms with Crippen LogP contribution in [0.15, 0.2) is 28.6 Å². The molecule has 2 N–H and O–H groups in total. The van der Waals surface area contributed by atoms with Crippen molar-refractivity contribution in [2.45, 2.75) is 18.2 Å². The van der Waals surface area contributed by atoms with Crippen LogP contribution in [0, 0.1) is 6.92 Å². The van der Waals surface area contributed by atoms with E-state index in [0.29, 0.717) is 15.0 Å². The first-order chi connectivity index (χ1) is 12.5. The van der Waals surface area contributed by atoms with E-state index in [1.54, 1.807) is 25.1 Å². The van der Waals surface area contributed by atoms with Crippen molar-refractivity contribution in [2.24, 2.45) is 0 Å². The number of aromatic nitrogens is 2. The maximum atomic E-state index is 12.2. The summed E-state index contributed by atoms with van der Waals surface area (Å²) in [5.41, 5.74) is 1.52. The highest BCUT2D eigenvalue weighted by molar-refractivity contribution is 8.01. The van der Waals surface area contributed by atoms with Gasteiger partial charge in [-0.3, -0.25) is 19.7 Å². The van der Waals surface area contributed by atoms with Crippen LogP contribution in [0.5, 0.6) is 0 Å². The van der Waals surface area contributed by atoms with Crippen molar-refractivity contribution in [1.82, 2.24) is 15.5 Å². The third kappa shape index (κ3) is 6.45. The van der Waals surface area contributed by atoms with Gasteiger partial charge in [0.1, 0.15) is 6.54 Å². The predicted octanol–water partition coefficient (Wildman–Crippen LogP) is 1.87. The molecule has 8 nitrogen and oxygen atoms in total. The Hall–Kier alpha value is -2.46. The number of carbonyl (C=O) groups excluding carboxylic acids is 3. The van der Waals surface area contributed by atoms with Crippen LogP contribution in [0.1, 0.15) is 22.8 Å². The molecule has 0 radical (unpaired) electrons. The van der Waals surface area contributed by atoms with Crippen LogP contribution in [0.2, 0.25) is 0 Å². The Labute approximate surface area is 158 Å². The van der Waals surface area contributed by atoms with E-state index in [0.717, 1.165) is 5.56 Å². The van der Waals surface area contributed by atoms with Gasteiger partial charge in [0.05, 0.1) is 12.4 Å². The number of hydrogen-bond donors (Lipinski definition) is 2. The summed E-state index contributed by atoms with van der Waals surface area (Å²) in [5, 5.41) is 13.3. The average Bonchev–Trinajstić information content (AvgIpc) is 3.06. The van der Waals surface area contributed by atoms with Gasteiger partial charge < -0.3 is 10.1 Å². The van der Waals surface area contributed by atoms with Crippen LogP contribution < -0.4 is 10.6 Å². The molecule has 0 aliphatic heterocycles. The number of benzene rings is 1. The largest absolute Gasteiger partial charge is 0.465 e.